The average Bonchev–Trinajstić information content (AvgIpc) is 2.80. The number of likely N-dealkylation sites (tertiary alicyclic amines) is 1. The Hall–Kier alpha value is -1.59. The Balaban J connectivity index is 2.00. The molecule has 0 aromatic heterocycles. The predicted octanol–water partition coefficient (Wildman–Crippen LogP) is 2.35. The molecule has 0 bridgehead atoms. The summed E-state index contributed by atoms with van der Waals surface area (Å²) in [6.07, 6.45) is 0.623. The van der Waals surface area contributed by atoms with Crippen molar-refractivity contribution in [3.63, 3.8) is 0 Å². The number of aliphatic hydroxyl groups is 1. The summed E-state index contributed by atoms with van der Waals surface area (Å²) >= 11 is 0. The zero-order valence-corrected chi connectivity index (χ0v) is 13.0. The zero-order valence-electron chi connectivity index (χ0n) is 13.0. The van der Waals surface area contributed by atoms with E-state index in [0.717, 1.165) is 17.8 Å². The van der Waals surface area contributed by atoms with Gasteiger partial charge in [0.15, 0.2) is 0 Å². The number of hydrogen-bond donors (Lipinski definition) is 3. The van der Waals surface area contributed by atoms with Crippen molar-refractivity contribution in [3.05, 3.63) is 29.8 Å². The lowest BCUT2D eigenvalue weighted by Crippen LogP contribution is -2.36. The van der Waals surface area contributed by atoms with Crippen molar-refractivity contribution >= 4 is 11.7 Å². The monoisotopic (exact) mass is 291 g/mol. The number of carbonyl (C=O) groups excluding carboxylic acids is 1. The van der Waals surface area contributed by atoms with Gasteiger partial charge in [-0.25, -0.2) is 4.79 Å². The Labute approximate surface area is 126 Å². The van der Waals surface area contributed by atoms with E-state index in [9.17, 15) is 9.90 Å². The van der Waals surface area contributed by atoms with Gasteiger partial charge in [0.1, 0.15) is 0 Å². The van der Waals surface area contributed by atoms with Gasteiger partial charge >= 0.3 is 6.03 Å². The zero-order chi connectivity index (χ0) is 15.5. The Kier molecular flexibility index (Phi) is 4.85. The van der Waals surface area contributed by atoms with Crippen molar-refractivity contribution < 1.29 is 9.90 Å². The minimum atomic E-state index is -0.765. The van der Waals surface area contributed by atoms with Crippen molar-refractivity contribution in [3.8, 4) is 0 Å². The molecule has 2 atom stereocenters. The van der Waals surface area contributed by atoms with Gasteiger partial charge < -0.3 is 20.6 Å². The van der Waals surface area contributed by atoms with Crippen LogP contribution in [0.2, 0.25) is 0 Å². The number of nitrogens with zero attached hydrogens (tertiary/aromatic N) is 1. The second-order valence-corrected chi connectivity index (χ2v) is 6.00. The molecule has 0 saturated carbocycles. The topological polar surface area (TPSA) is 64.6 Å². The normalized spacial score (nSPS) is 23.1. The Bertz CT molecular complexity index is 502. The fraction of sp³-hybridized carbons (Fsp3) is 0.562. The van der Waals surface area contributed by atoms with Crippen LogP contribution in [0, 0.1) is 0 Å². The third-order valence-corrected chi connectivity index (χ3v) is 3.89. The molecule has 1 aromatic rings. The Morgan fingerprint density at radius 3 is 2.90 bits per heavy atom. The third-order valence-electron chi connectivity index (χ3n) is 3.89. The number of hydrogen-bond acceptors (Lipinski definition) is 3. The first kappa shape index (κ1) is 15.8. The van der Waals surface area contributed by atoms with E-state index in [0.29, 0.717) is 19.5 Å². The van der Waals surface area contributed by atoms with Crippen molar-refractivity contribution in [2.75, 3.05) is 25.0 Å². The minimum Gasteiger partial charge on any atom is -0.388 e. The minimum absolute atomic E-state index is 0.152. The van der Waals surface area contributed by atoms with Crippen molar-refractivity contribution in [2.24, 2.45) is 0 Å². The van der Waals surface area contributed by atoms with Crippen molar-refractivity contribution in [1.29, 1.82) is 0 Å². The van der Waals surface area contributed by atoms with E-state index in [4.69, 9.17) is 0 Å². The molecule has 2 amide bonds. The maximum absolute atomic E-state index is 12.2. The van der Waals surface area contributed by atoms with E-state index in [1.54, 1.807) is 11.8 Å². The predicted molar refractivity (Wildman–Crippen MR) is 84.4 cm³/mol. The standard InChI is InChI=1S/C16H25N3O2/c1-4-17-12(2)13-6-5-7-14(10-13)18-15(20)19-9-8-16(3,21)11-19/h5-7,10,12,17,21H,4,8-9,11H2,1-3H3,(H,18,20). The smallest absolute Gasteiger partial charge is 0.321 e. The molecule has 1 aromatic carbocycles. The van der Waals surface area contributed by atoms with Gasteiger partial charge in [-0.2, -0.15) is 0 Å². The van der Waals surface area contributed by atoms with Crippen LogP contribution >= 0.6 is 0 Å². The van der Waals surface area contributed by atoms with Crippen LogP contribution in [-0.4, -0.2) is 41.3 Å². The van der Waals surface area contributed by atoms with Crippen LogP contribution in [0.3, 0.4) is 0 Å². The molecule has 116 valence electrons. The summed E-state index contributed by atoms with van der Waals surface area (Å²) in [7, 11) is 0. The molecule has 1 aliphatic heterocycles. The number of β-amino-alcohol motifs (C(OH)–C–C–N with tert-alkyl or cyclic N) is 1. The summed E-state index contributed by atoms with van der Waals surface area (Å²) in [6.45, 7) is 7.81. The molecular weight excluding hydrogens is 266 g/mol. The first-order valence-electron chi connectivity index (χ1n) is 7.53. The molecule has 0 radical (unpaired) electrons. The summed E-state index contributed by atoms with van der Waals surface area (Å²) in [5, 5.41) is 16.2. The van der Waals surface area contributed by atoms with Crippen LogP contribution < -0.4 is 10.6 Å². The van der Waals surface area contributed by atoms with E-state index in [2.05, 4.69) is 24.5 Å². The molecule has 0 aliphatic carbocycles. The molecule has 2 rings (SSSR count). The molecule has 3 N–H and O–H groups in total. The van der Waals surface area contributed by atoms with Gasteiger partial charge in [-0.3, -0.25) is 0 Å². The number of anilines is 1. The summed E-state index contributed by atoms with van der Waals surface area (Å²) in [6, 6.07) is 7.96. The van der Waals surface area contributed by atoms with Gasteiger partial charge in [-0.05, 0) is 44.5 Å². The maximum Gasteiger partial charge on any atom is 0.321 e. The van der Waals surface area contributed by atoms with E-state index in [1.165, 1.54) is 0 Å². The molecule has 2 unspecified atom stereocenters. The second kappa shape index (κ2) is 6.45. The summed E-state index contributed by atoms with van der Waals surface area (Å²) in [4.78, 5) is 13.9. The van der Waals surface area contributed by atoms with Gasteiger partial charge in [0, 0.05) is 18.3 Å². The van der Waals surface area contributed by atoms with Gasteiger partial charge in [-0.1, -0.05) is 19.1 Å². The highest BCUT2D eigenvalue weighted by atomic mass is 16.3. The SMILES string of the molecule is CCNC(C)c1cccc(NC(=O)N2CCC(C)(O)C2)c1. The summed E-state index contributed by atoms with van der Waals surface area (Å²) in [5.74, 6) is 0. The summed E-state index contributed by atoms with van der Waals surface area (Å²) < 4.78 is 0. The number of benzene rings is 1. The summed E-state index contributed by atoms with van der Waals surface area (Å²) in [5.41, 5.74) is 1.16. The van der Waals surface area contributed by atoms with E-state index >= 15 is 0 Å². The van der Waals surface area contributed by atoms with Crippen LogP contribution in [0.25, 0.3) is 0 Å². The number of nitrogens with one attached hydrogen (secondary N) is 2. The molecular formula is C16H25N3O2. The van der Waals surface area contributed by atoms with Crippen LogP contribution in [0.1, 0.15) is 38.8 Å². The van der Waals surface area contributed by atoms with Crippen LogP contribution in [-0.2, 0) is 0 Å². The Morgan fingerprint density at radius 1 is 1.52 bits per heavy atom. The maximum atomic E-state index is 12.2. The number of carbonyl (C=O) groups is 1. The lowest BCUT2D eigenvalue weighted by atomic mass is 10.1. The molecule has 21 heavy (non-hydrogen) atoms. The molecule has 1 aliphatic rings. The molecule has 1 heterocycles. The fourth-order valence-electron chi connectivity index (χ4n) is 2.63. The fourth-order valence-corrected chi connectivity index (χ4v) is 2.63. The quantitative estimate of drug-likeness (QED) is 0.798. The molecule has 0 spiro atoms. The lowest BCUT2D eigenvalue weighted by Gasteiger charge is -2.20. The average molecular weight is 291 g/mol. The lowest BCUT2D eigenvalue weighted by molar-refractivity contribution is 0.0727. The van der Waals surface area contributed by atoms with Gasteiger partial charge in [0.05, 0.1) is 12.1 Å². The molecule has 5 heteroatoms. The van der Waals surface area contributed by atoms with E-state index in [1.807, 2.05) is 24.3 Å². The van der Waals surface area contributed by atoms with Crippen LogP contribution in [0.4, 0.5) is 10.5 Å². The Morgan fingerprint density at radius 2 is 2.29 bits per heavy atom. The van der Waals surface area contributed by atoms with E-state index in [-0.39, 0.29) is 12.1 Å². The highest BCUT2D eigenvalue weighted by Gasteiger charge is 2.33. The van der Waals surface area contributed by atoms with Gasteiger partial charge in [0.25, 0.3) is 0 Å². The largest absolute Gasteiger partial charge is 0.388 e. The molecule has 5 nitrogen and oxygen atoms in total. The van der Waals surface area contributed by atoms with Crippen molar-refractivity contribution in [1.82, 2.24) is 10.2 Å². The highest BCUT2D eigenvalue weighted by Crippen LogP contribution is 2.22. The van der Waals surface area contributed by atoms with Crippen LogP contribution in [0.5, 0.6) is 0 Å². The molecule has 1 fully saturated rings. The molecule has 1 saturated heterocycles. The number of urea groups is 1. The number of rotatable bonds is 4. The first-order valence-corrected chi connectivity index (χ1v) is 7.53. The first-order chi connectivity index (χ1) is 9.91. The second-order valence-electron chi connectivity index (χ2n) is 6.00. The van der Waals surface area contributed by atoms with Crippen molar-refractivity contribution in [2.45, 2.75) is 38.8 Å². The third kappa shape index (κ3) is 4.19. The highest BCUT2D eigenvalue weighted by molar-refractivity contribution is 5.89. The van der Waals surface area contributed by atoms with E-state index < -0.39 is 5.60 Å². The number of amides is 2. The van der Waals surface area contributed by atoms with Crippen LogP contribution in [0.15, 0.2) is 24.3 Å². The van der Waals surface area contributed by atoms with Gasteiger partial charge in [0.2, 0.25) is 0 Å². The van der Waals surface area contributed by atoms with Gasteiger partial charge in [-0.15, -0.1) is 0 Å².